The number of nitriles is 1. The third-order valence-electron chi connectivity index (χ3n) is 3.09. The van der Waals surface area contributed by atoms with E-state index in [4.69, 9.17) is 5.26 Å². The van der Waals surface area contributed by atoms with Gasteiger partial charge in [-0.1, -0.05) is 6.92 Å². The number of nitrogens with zero attached hydrogens (tertiary/aromatic N) is 2. The largest absolute Gasteiger partial charge is 0.390 e. The molecule has 0 radical (unpaired) electrons. The van der Waals surface area contributed by atoms with Gasteiger partial charge in [0, 0.05) is 13.6 Å². The topological polar surface area (TPSA) is 44.1 Å². The second-order valence-electron chi connectivity index (χ2n) is 4.80. The van der Waals surface area contributed by atoms with Crippen LogP contribution in [0.5, 0.6) is 0 Å². The van der Waals surface area contributed by atoms with Crippen LogP contribution in [0.3, 0.4) is 0 Å². The monoisotopic (exact) mass is 248 g/mol. The summed E-state index contributed by atoms with van der Waals surface area (Å²) in [5.74, 6) is -0.197. The average molecular weight is 248 g/mol. The first kappa shape index (κ1) is 13.8. The van der Waals surface area contributed by atoms with Gasteiger partial charge in [-0.2, -0.15) is 18.4 Å². The summed E-state index contributed by atoms with van der Waals surface area (Å²) in [6.45, 7) is 1.53. The summed E-state index contributed by atoms with van der Waals surface area (Å²) >= 11 is 0. The fraction of sp³-hybridized carbons (Fsp3) is 0.818. The molecule has 1 saturated carbocycles. The first-order valence-corrected chi connectivity index (χ1v) is 5.44. The van der Waals surface area contributed by atoms with Crippen LogP contribution in [0.15, 0.2) is 0 Å². The number of hydrogen-bond acceptors (Lipinski definition) is 2. The van der Waals surface area contributed by atoms with Crippen LogP contribution >= 0.6 is 0 Å². The molecule has 0 N–H and O–H groups in total. The summed E-state index contributed by atoms with van der Waals surface area (Å²) < 4.78 is 36.0. The molecular formula is C11H15F3N2O. The first-order chi connectivity index (χ1) is 7.70. The number of amides is 1. The second-order valence-corrected chi connectivity index (χ2v) is 4.80. The van der Waals surface area contributed by atoms with Gasteiger partial charge in [0.15, 0.2) is 0 Å². The molecule has 1 rings (SSSR count). The molecule has 1 aliphatic rings. The van der Waals surface area contributed by atoms with E-state index in [1.165, 1.54) is 7.05 Å². The predicted molar refractivity (Wildman–Crippen MR) is 54.8 cm³/mol. The molecule has 1 aliphatic carbocycles. The lowest BCUT2D eigenvalue weighted by Gasteiger charge is -2.41. The molecule has 0 heterocycles. The minimum Gasteiger partial charge on any atom is -0.344 e. The first-order valence-electron chi connectivity index (χ1n) is 5.44. The van der Waals surface area contributed by atoms with Gasteiger partial charge in [0.2, 0.25) is 5.91 Å². The number of carbonyl (C=O) groups is 1. The average Bonchev–Trinajstić information content (AvgIpc) is 2.19. The Labute approximate surface area is 98.2 Å². The molecule has 0 aromatic heterocycles. The van der Waals surface area contributed by atoms with Crippen molar-refractivity contribution >= 4 is 5.91 Å². The van der Waals surface area contributed by atoms with Gasteiger partial charge in [0.05, 0.1) is 12.5 Å². The third kappa shape index (κ3) is 3.11. The van der Waals surface area contributed by atoms with Crippen molar-refractivity contribution < 1.29 is 18.0 Å². The van der Waals surface area contributed by atoms with Crippen LogP contribution in [0.2, 0.25) is 0 Å². The van der Waals surface area contributed by atoms with Gasteiger partial charge in [-0.05, 0) is 18.8 Å². The lowest BCUT2D eigenvalue weighted by atomic mass is 9.63. The summed E-state index contributed by atoms with van der Waals surface area (Å²) in [5.41, 5.74) is -1.08. The molecular weight excluding hydrogens is 233 g/mol. The van der Waals surface area contributed by atoms with Crippen molar-refractivity contribution in [3.05, 3.63) is 0 Å². The van der Waals surface area contributed by atoms with Crippen molar-refractivity contribution in [2.75, 3.05) is 13.6 Å². The van der Waals surface area contributed by atoms with E-state index >= 15 is 0 Å². The molecule has 17 heavy (non-hydrogen) atoms. The van der Waals surface area contributed by atoms with Gasteiger partial charge in [-0.3, -0.25) is 4.79 Å². The van der Waals surface area contributed by atoms with Gasteiger partial charge in [-0.25, -0.2) is 0 Å². The van der Waals surface area contributed by atoms with Gasteiger partial charge >= 0.3 is 6.18 Å². The highest BCUT2D eigenvalue weighted by Crippen LogP contribution is 2.46. The van der Waals surface area contributed by atoms with Crippen LogP contribution in [0.4, 0.5) is 13.2 Å². The zero-order valence-electron chi connectivity index (χ0n) is 9.84. The summed E-state index contributed by atoms with van der Waals surface area (Å²) in [6.07, 6.45) is -4.43. The summed E-state index contributed by atoms with van der Waals surface area (Å²) in [6, 6.07) is 1.95. The van der Waals surface area contributed by atoms with Crippen molar-refractivity contribution in [3.8, 4) is 6.07 Å². The van der Waals surface area contributed by atoms with Crippen molar-refractivity contribution in [3.63, 3.8) is 0 Å². The Morgan fingerprint density at radius 2 is 2.06 bits per heavy atom. The third-order valence-corrected chi connectivity index (χ3v) is 3.09. The highest BCUT2D eigenvalue weighted by Gasteiger charge is 2.50. The fourth-order valence-corrected chi connectivity index (χ4v) is 2.21. The molecule has 0 spiro atoms. The number of alkyl halides is 3. The van der Waals surface area contributed by atoms with Crippen molar-refractivity contribution in [2.45, 2.75) is 32.4 Å². The van der Waals surface area contributed by atoms with Crippen molar-refractivity contribution in [2.24, 2.45) is 11.3 Å². The van der Waals surface area contributed by atoms with Gasteiger partial charge in [0.1, 0.15) is 5.41 Å². The lowest BCUT2D eigenvalue weighted by Crippen LogP contribution is -2.49. The maximum absolute atomic E-state index is 12.0. The Hall–Kier alpha value is -1.25. The SMILES string of the molecule is CC1CC(C#N)(C(=O)N(C)CCC(F)(F)F)C1. The molecule has 0 bridgehead atoms. The maximum atomic E-state index is 12.0. The van der Waals surface area contributed by atoms with Crippen LogP contribution < -0.4 is 0 Å². The lowest BCUT2D eigenvalue weighted by molar-refractivity contribution is -0.152. The molecule has 0 saturated heterocycles. The Balaban J connectivity index is 2.56. The van der Waals surface area contributed by atoms with Crippen molar-refractivity contribution in [1.82, 2.24) is 4.90 Å². The zero-order chi connectivity index (χ0) is 13.3. The predicted octanol–water partition coefficient (Wildman–Crippen LogP) is 2.34. The smallest absolute Gasteiger partial charge is 0.344 e. The zero-order valence-corrected chi connectivity index (χ0v) is 9.84. The van der Waals surface area contributed by atoms with Gasteiger partial charge in [-0.15, -0.1) is 0 Å². The van der Waals surface area contributed by atoms with Crippen LogP contribution in [0, 0.1) is 22.7 Å². The van der Waals surface area contributed by atoms with Gasteiger partial charge in [0.25, 0.3) is 0 Å². The van der Waals surface area contributed by atoms with Crippen LogP contribution in [-0.2, 0) is 4.79 Å². The van der Waals surface area contributed by atoms with Crippen LogP contribution in [0.1, 0.15) is 26.2 Å². The van der Waals surface area contributed by atoms with Gasteiger partial charge < -0.3 is 4.90 Å². The highest BCUT2D eigenvalue weighted by atomic mass is 19.4. The normalized spacial score (nSPS) is 28.1. The Bertz CT molecular complexity index is 340. The maximum Gasteiger partial charge on any atom is 0.390 e. The molecule has 0 aromatic rings. The number of halogens is 3. The Morgan fingerprint density at radius 3 is 2.41 bits per heavy atom. The Kier molecular flexibility index (Phi) is 3.70. The highest BCUT2D eigenvalue weighted by molar-refractivity contribution is 5.86. The molecule has 6 heteroatoms. The molecule has 96 valence electrons. The second kappa shape index (κ2) is 4.55. The van der Waals surface area contributed by atoms with E-state index in [1.807, 2.05) is 13.0 Å². The van der Waals surface area contributed by atoms with Crippen molar-refractivity contribution in [1.29, 1.82) is 5.26 Å². The van der Waals surface area contributed by atoms with E-state index in [9.17, 15) is 18.0 Å². The quantitative estimate of drug-likeness (QED) is 0.769. The molecule has 1 amide bonds. The number of carbonyl (C=O) groups excluding carboxylic acids is 1. The van der Waals surface area contributed by atoms with E-state index in [2.05, 4.69) is 0 Å². The standard InChI is InChI=1S/C11H15F3N2O/c1-8-5-10(6-8,7-15)9(17)16(2)4-3-11(12,13)14/h8H,3-6H2,1-2H3. The molecule has 0 aliphatic heterocycles. The number of rotatable bonds is 3. The van der Waals surface area contributed by atoms with E-state index in [-0.39, 0.29) is 12.5 Å². The summed E-state index contributed by atoms with van der Waals surface area (Å²) in [4.78, 5) is 12.9. The summed E-state index contributed by atoms with van der Waals surface area (Å²) in [5, 5.41) is 8.98. The Morgan fingerprint density at radius 1 is 1.53 bits per heavy atom. The van der Waals surface area contributed by atoms with Crippen LogP contribution in [-0.4, -0.2) is 30.6 Å². The fourth-order valence-electron chi connectivity index (χ4n) is 2.21. The number of hydrogen-bond donors (Lipinski definition) is 0. The molecule has 1 fully saturated rings. The summed E-state index contributed by atoms with van der Waals surface area (Å²) in [7, 11) is 1.32. The molecule has 0 aromatic carbocycles. The molecule has 3 nitrogen and oxygen atoms in total. The van der Waals surface area contributed by atoms with E-state index < -0.39 is 23.9 Å². The minimum atomic E-state index is -4.28. The van der Waals surface area contributed by atoms with E-state index in [1.54, 1.807) is 0 Å². The molecule has 0 atom stereocenters. The van der Waals surface area contributed by atoms with E-state index in [0.29, 0.717) is 12.8 Å². The minimum absolute atomic E-state index is 0.287. The van der Waals surface area contributed by atoms with Crippen LogP contribution in [0.25, 0.3) is 0 Å². The molecule has 0 unspecified atom stereocenters. The van der Waals surface area contributed by atoms with E-state index in [0.717, 1.165) is 4.90 Å².